The quantitative estimate of drug-likeness (QED) is 0.287. The Labute approximate surface area is 141 Å². The Balaban J connectivity index is 5.29. The van der Waals surface area contributed by atoms with Crippen LogP contribution in [0.4, 0.5) is 0 Å². The van der Waals surface area contributed by atoms with Gasteiger partial charge in [0.2, 0.25) is 0 Å². The number of carbonyl (C=O) groups excluding carboxylic acids is 1. The van der Waals surface area contributed by atoms with Crippen LogP contribution < -0.4 is 5.43 Å². The normalized spacial score (nSPS) is 15.3. The lowest BCUT2D eigenvalue weighted by Gasteiger charge is -2.41. The molecule has 0 aliphatic heterocycles. The van der Waals surface area contributed by atoms with Crippen LogP contribution in [0.2, 0.25) is 0 Å². The summed E-state index contributed by atoms with van der Waals surface area (Å²) in [6, 6.07) is 0. The Morgan fingerprint density at radius 2 is 1.90 bits per heavy atom. The van der Waals surface area contributed by atoms with Gasteiger partial charge in [-0.3, -0.25) is 10.2 Å². The van der Waals surface area contributed by atoms with E-state index >= 15 is 0 Å². The number of hydrazine groups is 1. The molecule has 21 heavy (non-hydrogen) atoms. The van der Waals surface area contributed by atoms with Crippen molar-refractivity contribution in [2.45, 2.75) is 38.1 Å². The number of alkyl halides is 2. The summed E-state index contributed by atoms with van der Waals surface area (Å²) < 4.78 is 17.7. The smallest absolute Gasteiger partial charge is 0.282 e. The van der Waals surface area contributed by atoms with Crippen molar-refractivity contribution in [3.63, 3.8) is 0 Å². The number of carbonyl (C=O) groups is 1. The molecule has 0 spiro atoms. The van der Waals surface area contributed by atoms with E-state index < -0.39 is 22.9 Å². The van der Waals surface area contributed by atoms with Gasteiger partial charge in [0.15, 0.2) is 4.84 Å². The van der Waals surface area contributed by atoms with E-state index in [2.05, 4.69) is 5.43 Å². The Kier molecular flexibility index (Phi) is 9.88. The Morgan fingerprint density at radius 3 is 2.29 bits per heavy atom. The molecule has 0 rings (SSSR count). The van der Waals surface area contributed by atoms with Gasteiger partial charge in [0.25, 0.3) is 12.5 Å². The first-order valence-electron chi connectivity index (χ1n) is 6.36. The number of hydrogen-bond donors (Lipinski definition) is 1. The maximum Gasteiger partial charge on any atom is 0.282 e. The van der Waals surface area contributed by atoms with Crippen LogP contribution in [0, 0.1) is 0 Å². The molecule has 0 aromatic heterocycles. The van der Waals surface area contributed by atoms with Crippen LogP contribution in [0.5, 0.6) is 0 Å². The van der Waals surface area contributed by atoms with Crippen LogP contribution in [0.15, 0.2) is 0 Å². The molecule has 0 aliphatic carbocycles. The van der Waals surface area contributed by atoms with Crippen molar-refractivity contribution in [3.8, 4) is 0 Å². The van der Waals surface area contributed by atoms with Gasteiger partial charge >= 0.3 is 0 Å². The van der Waals surface area contributed by atoms with Crippen molar-refractivity contribution in [2.24, 2.45) is 0 Å². The summed E-state index contributed by atoms with van der Waals surface area (Å²) in [6.45, 7) is 5.42. The standard InChI is InChI=1S/C11H23Cl2N2O4PS/c1-6-18-20(21,19-8-7-17-5)15(11(2,3)4)14-10(16)9(12)13/h9H,6-8H2,1-5H3,(H,14,16). The summed E-state index contributed by atoms with van der Waals surface area (Å²) in [7, 11) is 1.56. The zero-order chi connectivity index (χ0) is 16.7. The minimum atomic E-state index is -2.94. The molecule has 0 aromatic carbocycles. The summed E-state index contributed by atoms with van der Waals surface area (Å²) in [5, 5.41) is 0. The fourth-order valence-electron chi connectivity index (χ4n) is 1.30. The summed E-state index contributed by atoms with van der Waals surface area (Å²) in [6.07, 6.45) is 0. The minimum Gasteiger partial charge on any atom is -0.382 e. The molecule has 0 saturated carbocycles. The topological polar surface area (TPSA) is 60.0 Å². The van der Waals surface area contributed by atoms with Gasteiger partial charge in [-0.2, -0.15) is 0 Å². The monoisotopic (exact) mass is 380 g/mol. The summed E-state index contributed by atoms with van der Waals surface area (Å²) in [4.78, 5) is 10.6. The van der Waals surface area contributed by atoms with E-state index in [1.807, 2.05) is 20.8 Å². The van der Waals surface area contributed by atoms with Crippen molar-refractivity contribution in [1.82, 2.24) is 10.2 Å². The largest absolute Gasteiger partial charge is 0.382 e. The zero-order valence-corrected chi connectivity index (χ0v) is 16.1. The first-order valence-corrected chi connectivity index (χ1v) is 9.82. The first kappa shape index (κ1) is 21.5. The lowest BCUT2D eigenvalue weighted by molar-refractivity contribution is -0.124. The molecule has 1 unspecified atom stereocenters. The molecule has 6 nitrogen and oxygen atoms in total. The van der Waals surface area contributed by atoms with Crippen molar-refractivity contribution in [3.05, 3.63) is 0 Å². The van der Waals surface area contributed by atoms with Crippen LogP contribution in [0.1, 0.15) is 27.7 Å². The second kappa shape index (κ2) is 9.63. The Hall–Kier alpha value is 0.540. The van der Waals surface area contributed by atoms with E-state index in [1.165, 1.54) is 4.78 Å². The number of hydrogen-bond acceptors (Lipinski definition) is 5. The van der Waals surface area contributed by atoms with Crippen LogP contribution >= 0.6 is 29.8 Å². The Morgan fingerprint density at radius 1 is 1.33 bits per heavy atom. The van der Waals surface area contributed by atoms with E-state index in [9.17, 15) is 4.79 Å². The number of nitrogens with one attached hydrogen (secondary N) is 1. The van der Waals surface area contributed by atoms with Crippen LogP contribution in [0.3, 0.4) is 0 Å². The average molecular weight is 381 g/mol. The molecule has 0 heterocycles. The number of amides is 1. The number of methoxy groups -OCH3 is 1. The molecule has 0 bridgehead atoms. The third-order valence-corrected chi connectivity index (χ3v) is 5.93. The number of rotatable bonds is 9. The molecule has 0 aliphatic rings. The Bertz CT molecular complexity index is 380. The first-order chi connectivity index (χ1) is 9.58. The molecule has 0 saturated heterocycles. The van der Waals surface area contributed by atoms with Crippen LogP contribution in [-0.2, 0) is 30.4 Å². The third-order valence-electron chi connectivity index (χ3n) is 2.13. The number of ether oxygens (including phenoxy) is 1. The summed E-state index contributed by atoms with van der Waals surface area (Å²) in [5.41, 5.74) is 2.05. The van der Waals surface area contributed by atoms with E-state index in [0.717, 1.165) is 0 Å². The van der Waals surface area contributed by atoms with E-state index in [1.54, 1.807) is 14.0 Å². The predicted molar refractivity (Wildman–Crippen MR) is 89.0 cm³/mol. The summed E-state index contributed by atoms with van der Waals surface area (Å²) in [5.74, 6) is -0.586. The lowest BCUT2D eigenvalue weighted by Crippen LogP contribution is -2.52. The lowest BCUT2D eigenvalue weighted by atomic mass is 10.1. The maximum atomic E-state index is 11.8. The number of nitrogens with zero attached hydrogens (tertiary/aromatic N) is 1. The van der Waals surface area contributed by atoms with Gasteiger partial charge in [-0.25, -0.2) is 0 Å². The fourth-order valence-corrected chi connectivity index (χ4v) is 4.69. The SMILES string of the molecule is CCOP(=S)(OCCOC)N(NC(=O)C(Cl)Cl)C(C)(C)C. The molecular weight excluding hydrogens is 358 g/mol. The van der Waals surface area contributed by atoms with Gasteiger partial charge in [-0.15, -0.1) is 4.78 Å². The van der Waals surface area contributed by atoms with Gasteiger partial charge in [-0.1, -0.05) is 23.2 Å². The molecule has 126 valence electrons. The molecule has 1 amide bonds. The predicted octanol–water partition coefficient (Wildman–Crippen LogP) is 2.85. The van der Waals surface area contributed by atoms with Crippen molar-refractivity contribution < 1.29 is 18.6 Å². The van der Waals surface area contributed by atoms with Crippen LogP contribution in [0.25, 0.3) is 0 Å². The fraction of sp³-hybridized carbons (Fsp3) is 0.909. The highest BCUT2D eigenvalue weighted by Gasteiger charge is 2.39. The number of halogens is 2. The highest BCUT2D eigenvalue weighted by molar-refractivity contribution is 8.08. The van der Waals surface area contributed by atoms with E-state index in [4.69, 9.17) is 48.8 Å². The van der Waals surface area contributed by atoms with Crippen molar-refractivity contribution >= 4 is 47.6 Å². The molecule has 10 heteroatoms. The van der Waals surface area contributed by atoms with Crippen LogP contribution in [-0.4, -0.2) is 48.0 Å². The molecule has 1 N–H and O–H groups in total. The van der Waals surface area contributed by atoms with E-state index in [-0.39, 0.29) is 6.61 Å². The van der Waals surface area contributed by atoms with Crippen molar-refractivity contribution in [2.75, 3.05) is 26.9 Å². The highest BCUT2D eigenvalue weighted by Crippen LogP contribution is 2.54. The molecular formula is C11H23Cl2N2O4PS. The zero-order valence-electron chi connectivity index (χ0n) is 12.9. The average Bonchev–Trinajstić information content (AvgIpc) is 2.34. The molecule has 0 radical (unpaired) electrons. The van der Waals surface area contributed by atoms with Gasteiger partial charge < -0.3 is 13.8 Å². The van der Waals surface area contributed by atoms with E-state index in [0.29, 0.717) is 13.2 Å². The van der Waals surface area contributed by atoms with Gasteiger partial charge in [0.05, 0.1) is 19.8 Å². The van der Waals surface area contributed by atoms with Gasteiger partial charge in [0, 0.05) is 12.6 Å². The second-order valence-electron chi connectivity index (χ2n) is 4.97. The third kappa shape index (κ3) is 7.57. The second-order valence-corrected chi connectivity index (χ2v) is 9.31. The maximum absolute atomic E-state index is 11.8. The molecule has 0 fully saturated rings. The van der Waals surface area contributed by atoms with Gasteiger partial charge in [0.1, 0.15) is 0 Å². The summed E-state index contributed by atoms with van der Waals surface area (Å²) >= 11 is 16.7. The highest BCUT2D eigenvalue weighted by atomic mass is 35.5. The molecule has 0 aromatic rings. The minimum absolute atomic E-state index is 0.251. The molecule has 1 atom stereocenters. The van der Waals surface area contributed by atoms with Crippen molar-refractivity contribution in [1.29, 1.82) is 0 Å². The van der Waals surface area contributed by atoms with Gasteiger partial charge in [-0.05, 0) is 39.5 Å².